The lowest BCUT2D eigenvalue weighted by Gasteiger charge is -2.34. The van der Waals surface area contributed by atoms with Crippen LogP contribution in [0.1, 0.15) is 55.1 Å². The van der Waals surface area contributed by atoms with Gasteiger partial charge in [-0.25, -0.2) is 9.78 Å². The second-order valence-electron chi connectivity index (χ2n) is 11.8. The van der Waals surface area contributed by atoms with E-state index in [1.807, 2.05) is 17.9 Å². The summed E-state index contributed by atoms with van der Waals surface area (Å²) in [6.45, 7) is 10.0. The van der Waals surface area contributed by atoms with Gasteiger partial charge in [0, 0.05) is 84.3 Å². The van der Waals surface area contributed by atoms with Crippen molar-refractivity contribution in [2.24, 2.45) is 0 Å². The number of halogens is 3. The molecule has 1 fully saturated rings. The average molecular weight is 657 g/mol. The van der Waals surface area contributed by atoms with Gasteiger partial charge in [-0.2, -0.15) is 13.2 Å². The highest BCUT2D eigenvalue weighted by Crippen LogP contribution is 2.35. The number of amides is 2. The van der Waals surface area contributed by atoms with Crippen LogP contribution in [-0.2, 0) is 24.0 Å². The number of anilines is 2. The molecular weight excluding hydrogens is 613 g/mol. The zero-order chi connectivity index (χ0) is 33.4. The van der Waals surface area contributed by atoms with Crippen LogP contribution >= 0.6 is 0 Å². The molecule has 2 aliphatic heterocycles. The summed E-state index contributed by atoms with van der Waals surface area (Å²) in [5.41, 5.74) is 0.819. The SMILES string of the molecule is CCC1CN(C(=O)Nc2cnc(CN3CCN(CC)CC3)c(C(F)(F)F)c2)Cc2cc(Oc3ccnc(NCCCOC)c3)cnc21. The van der Waals surface area contributed by atoms with Gasteiger partial charge >= 0.3 is 12.2 Å². The van der Waals surface area contributed by atoms with E-state index < -0.39 is 17.8 Å². The van der Waals surface area contributed by atoms with E-state index >= 15 is 0 Å². The van der Waals surface area contributed by atoms with Crippen LogP contribution in [0.25, 0.3) is 0 Å². The molecule has 2 N–H and O–H groups in total. The van der Waals surface area contributed by atoms with Crippen LogP contribution < -0.4 is 15.4 Å². The summed E-state index contributed by atoms with van der Waals surface area (Å²) in [6.07, 6.45) is 1.58. The lowest BCUT2D eigenvalue weighted by molar-refractivity contribution is -0.138. The second-order valence-corrected chi connectivity index (χ2v) is 11.8. The Bertz CT molecular complexity index is 1500. The molecule has 0 aromatic carbocycles. The Balaban J connectivity index is 1.26. The van der Waals surface area contributed by atoms with E-state index in [0.29, 0.717) is 50.1 Å². The quantitative estimate of drug-likeness (QED) is 0.234. The number of carbonyl (C=O) groups excluding carboxylic acids is 1. The van der Waals surface area contributed by atoms with Crippen molar-refractivity contribution in [1.29, 1.82) is 0 Å². The number of likely N-dealkylation sites (N-methyl/N-ethyl adjacent to an activating group) is 1. The molecule has 0 spiro atoms. The number of ether oxygens (including phenoxy) is 2. The Labute approximate surface area is 273 Å². The zero-order valence-corrected chi connectivity index (χ0v) is 27.1. The monoisotopic (exact) mass is 656 g/mol. The molecule has 5 heterocycles. The number of urea groups is 1. The minimum absolute atomic E-state index is 0.000234. The van der Waals surface area contributed by atoms with Crippen LogP contribution in [0.15, 0.2) is 42.9 Å². The summed E-state index contributed by atoms with van der Waals surface area (Å²) in [4.78, 5) is 32.4. The molecule has 0 radical (unpaired) electrons. The molecule has 1 unspecified atom stereocenters. The van der Waals surface area contributed by atoms with Gasteiger partial charge < -0.3 is 29.9 Å². The average Bonchev–Trinajstić information content (AvgIpc) is 3.06. The molecule has 2 amide bonds. The van der Waals surface area contributed by atoms with Gasteiger partial charge in [-0.05, 0) is 43.1 Å². The number of hydrogen-bond donors (Lipinski definition) is 2. The molecule has 14 heteroatoms. The van der Waals surface area contributed by atoms with Crippen LogP contribution in [0, 0.1) is 0 Å². The van der Waals surface area contributed by atoms with E-state index in [0.717, 1.165) is 49.8 Å². The number of nitrogens with one attached hydrogen (secondary N) is 2. The van der Waals surface area contributed by atoms with Crippen molar-refractivity contribution in [1.82, 2.24) is 29.7 Å². The van der Waals surface area contributed by atoms with E-state index in [1.54, 1.807) is 36.5 Å². The van der Waals surface area contributed by atoms with E-state index in [9.17, 15) is 18.0 Å². The van der Waals surface area contributed by atoms with Crippen molar-refractivity contribution in [2.45, 2.75) is 51.9 Å². The fraction of sp³-hybridized carbons (Fsp3) is 0.515. The maximum absolute atomic E-state index is 14.1. The first-order valence-electron chi connectivity index (χ1n) is 16.1. The molecule has 0 bridgehead atoms. The van der Waals surface area contributed by atoms with E-state index in [-0.39, 0.29) is 30.4 Å². The maximum atomic E-state index is 14.1. The van der Waals surface area contributed by atoms with Gasteiger partial charge in [-0.3, -0.25) is 14.9 Å². The third-order valence-electron chi connectivity index (χ3n) is 8.56. The van der Waals surface area contributed by atoms with Gasteiger partial charge in [0.2, 0.25) is 0 Å². The Kier molecular flexibility index (Phi) is 11.5. The topological polar surface area (TPSA) is 108 Å². The molecule has 0 aliphatic carbocycles. The molecule has 5 rings (SSSR count). The highest BCUT2D eigenvalue weighted by Gasteiger charge is 2.36. The normalized spacial score (nSPS) is 17.3. The second kappa shape index (κ2) is 15.7. The molecule has 1 saturated heterocycles. The fourth-order valence-electron chi connectivity index (χ4n) is 5.90. The largest absolute Gasteiger partial charge is 0.456 e. The first-order valence-corrected chi connectivity index (χ1v) is 16.1. The Morgan fingerprint density at radius 2 is 1.81 bits per heavy atom. The molecule has 3 aromatic heterocycles. The van der Waals surface area contributed by atoms with Gasteiger partial charge in [0.15, 0.2) is 0 Å². The zero-order valence-electron chi connectivity index (χ0n) is 27.1. The molecule has 47 heavy (non-hydrogen) atoms. The van der Waals surface area contributed by atoms with Crippen molar-refractivity contribution >= 4 is 17.5 Å². The lowest BCUT2D eigenvalue weighted by atomic mass is 9.92. The summed E-state index contributed by atoms with van der Waals surface area (Å²) >= 11 is 0. The molecule has 11 nitrogen and oxygen atoms in total. The van der Waals surface area contributed by atoms with E-state index in [2.05, 4.69) is 37.4 Å². The van der Waals surface area contributed by atoms with Gasteiger partial charge in [-0.1, -0.05) is 13.8 Å². The Morgan fingerprint density at radius 1 is 1.02 bits per heavy atom. The minimum atomic E-state index is -4.61. The number of pyridine rings is 3. The van der Waals surface area contributed by atoms with Gasteiger partial charge in [0.1, 0.15) is 17.3 Å². The van der Waals surface area contributed by atoms with Gasteiger partial charge in [-0.15, -0.1) is 0 Å². The molecule has 3 aromatic rings. The van der Waals surface area contributed by atoms with Crippen molar-refractivity contribution in [2.75, 3.05) is 70.2 Å². The van der Waals surface area contributed by atoms with Crippen LogP contribution in [0.3, 0.4) is 0 Å². The summed E-state index contributed by atoms with van der Waals surface area (Å²) in [7, 11) is 1.66. The number of carbonyl (C=O) groups is 1. The summed E-state index contributed by atoms with van der Waals surface area (Å²) in [5, 5.41) is 5.90. The van der Waals surface area contributed by atoms with Crippen molar-refractivity contribution < 1.29 is 27.4 Å². The summed E-state index contributed by atoms with van der Waals surface area (Å²) in [5.74, 6) is 1.71. The van der Waals surface area contributed by atoms with Gasteiger partial charge in [0.25, 0.3) is 0 Å². The van der Waals surface area contributed by atoms with Crippen LogP contribution in [0.5, 0.6) is 11.5 Å². The Morgan fingerprint density at radius 3 is 2.53 bits per heavy atom. The standard InChI is InChI=1S/C33H43F3N8O3/c1-4-23-20-44(21-24-15-27(19-40-31(23)24)47-26-7-9-38-30(17-26)37-8-6-14-46-3)32(45)41-25-16-28(33(34,35)36)29(39-18-25)22-43-12-10-42(5-2)11-13-43/h7,9,15-19,23H,4-6,8,10-14,20-22H2,1-3H3,(H,37,38)(H,41,45). The number of methoxy groups -OCH3 is 1. The number of piperazine rings is 1. The number of fused-ring (bicyclic) bond motifs is 1. The highest BCUT2D eigenvalue weighted by molar-refractivity contribution is 5.89. The fourth-order valence-corrected chi connectivity index (χ4v) is 5.90. The van der Waals surface area contributed by atoms with E-state index in [1.165, 1.54) is 6.20 Å². The van der Waals surface area contributed by atoms with Crippen molar-refractivity contribution in [3.63, 3.8) is 0 Å². The molecule has 0 saturated carbocycles. The molecular formula is C33H43F3N8O3. The third-order valence-corrected chi connectivity index (χ3v) is 8.56. The highest BCUT2D eigenvalue weighted by atomic mass is 19.4. The summed E-state index contributed by atoms with van der Waals surface area (Å²) in [6, 6.07) is 5.88. The van der Waals surface area contributed by atoms with Crippen molar-refractivity contribution in [3.8, 4) is 11.5 Å². The van der Waals surface area contributed by atoms with Crippen LogP contribution in [0.4, 0.5) is 29.5 Å². The minimum Gasteiger partial charge on any atom is -0.456 e. The maximum Gasteiger partial charge on any atom is 0.418 e. The molecule has 2 aliphatic rings. The number of aromatic nitrogens is 3. The van der Waals surface area contributed by atoms with Gasteiger partial charge in [0.05, 0.1) is 35.0 Å². The number of hydrogen-bond acceptors (Lipinski definition) is 9. The summed E-state index contributed by atoms with van der Waals surface area (Å²) < 4.78 is 53.6. The first kappa shape index (κ1) is 34.3. The molecule has 254 valence electrons. The number of alkyl halides is 3. The number of nitrogens with zero attached hydrogens (tertiary/aromatic N) is 6. The third kappa shape index (κ3) is 9.08. The van der Waals surface area contributed by atoms with Crippen LogP contribution in [0.2, 0.25) is 0 Å². The predicted octanol–water partition coefficient (Wildman–Crippen LogP) is 5.81. The Hall–Kier alpha value is -4.01. The first-order chi connectivity index (χ1) is 22.7. The lowest BCUT2D eigenvalue weighted by Crippen LogP contribution is -2.45. The predicted molar refractivity (Wildman–Crippen MR) is 173 cm³/mol. The van der Waals surface area contributed by atoms with Crippen LogP contribution in [-0.4, -0.2) is 95.2 Å². The smallest absolute Gasteiger partial charge is 0.418 e. The van der Waals surface area contributed by atoms with E-state index in [4.69, 9.17) is 9.47 Å². The molecule has 1 atom stereocenters. The number of rotatable bonds is 12. The van der Waals surface area contributed by atoms with Crippen molar-refractivity contribution in [3.05, 3.63) is 65.4 Å².